The highest BCUT2D eigenvalue weighted by Crippen LogP contribution is 2.18. The number of aliphatic carboxylic acids is 1. The fourth-order valence-corrected chi connectivity index (χ4v) is 1.86. The quantitative estimate of drug-likeness (QED) is 0.837. The smallest absolute Gasteiger partial charge is 0.320 e. The molecule has 0 saturated carbocycles. The largest absolute Gasteiger partial charge is 0.480 e. The van der Waals surface area contributed by atoms with Crippen LogP contribution < -0.4 is 5.32 Å². The van der Waals surface area contributed by atoms with Gasteiger partial charge in [0, 0.05) is 12.1 Å². The molecule has 1 aromatic rings. The molecule has 0 aliphatic rings. The van der Waals surface area contributed by atoms with Gasteiger partial charge in [0.25, 0.3) is 0 Å². The molecule has 0 unspecified atom stereocenters. The lowest BCUT2D eigenvalue weighted by molar-refractivity contribution is -0.140. The predicted octanol–water partition coefficient (Wildman–Crippen LogP) is 3.07. The van der Waals surface area contributed by atoms with E-state index in [4.69, 9.17) is 16.7 Å². The minimum absolute atomic E-state index is 0.0463. The van der Waals surface area contributed by atoms with Crippen LogP contribution in [0.1, 0.15) is 25.8 Å². The lowest BCUT2D eigenvalue weighted by Crippen LogP contribution is -2.37. The van der Waals surface area contributed by atoms with Gasteiger partial charge in [0.05, 0.1) is 5.02 Å². The van der Waals surface area contributed by atoms with Gasteiger partial charge in [-0.15, -0.1) is 0 Å². The predicted molar refractivity (Wildman–Crippen MR) is 69.1 cm³/mol. The van der Waals surface area contributed by atoms with E-state index in [1.54, 1.807) is 12.1 Å². The van der Waals surface area contributed by atoms with Crippen LogP contribution in [0.25, 0.3) is 0 Å². The van der Waals surface area contributed by atoms with Gasteiger partial charge in [-0.2, -0.15) is 0 Å². The molecule has 1 aromatic carbocycles. The fraction of sp³-hybridized carbons (Fsp3) is 0.462. The molecule has 0 aliphatic carbocycles. The molecule has 3 nitrogen and oxygen atoms in total. The Kier molecular flexibility index (Phi) is 5.56. The van der Waals surface area contributed by atoms with E-state index >= 15 is 0 Å². The second-order valence-electron chi connectivity index (χ2n) is 4.61. The number of carbonyl (C=O) groups is 1. The number of benzene rings is 1. The zero-order chi connectivity index (χ0) is 13.7. The molecule has 0 aliphatic heterocycles. The van der Waals surface area contributed by atoms with E-state index in [-0.39, 0.29) is 17.5 Å². The summed E-state index contributed by atoms with van der Waals surface area (Å²) in [5.74, 6) is -1.17. The van der Waals surface area contributed by atoms with Crippen molar-refractivity contribution in [1.29, 1.82) is 0 Å². The maximum Gasteiger partial charge on any atom is 0.320 e. The molecule has 5 heteroatoms. The van der Waals surface area contributed by atoms with Gasteiger partial charge < -0.3 is 10.4 Å². The van der Waals surface area contributed by atoms with Crippen molar-refractivity contribution in [3.05, 3.63) is 34.6 Å². The Balaban J connectivity index is 2.67. The average Bonchev–Trinajstić information content (AvgIpc) is 2.28. The van der Waals surface area contributed by atoms with Gasteiger partial charge in [-0.05, 0) is 18.4 Å². The summed E-state index contributed by atoms with van der Waals surface area (Å²) in [7, 11) is 0. The molecular formula is C13H17ClFNO2. The number of hydrogen-bond donors (Lipinski definition) is 2. The summed E-state index contributed by atoms with van der Waals surface area (Å²) in [6, 6.07) is 4.01. The number of hydrogen-bond acceptors (Lipinski definition) is 2. The lowest BCUT2D eigenvalue weighted by atomic mass is 10.0. The van der Waals surface area contributed by atoms with Crippen LogP contribution in [0.3, 0.4) is 0 Å². The first-order valence-electron chi connectivity index (χ1n) is 5.81. The molecule has 1 rings (SSSR count). The second-order valence-corrected chi connectivity index (χ2v) is 5.02. The Bertz CT molecular complexity index is 423. The van der Waals surface area contributed by atoms with E-state index in [1.807, 2.05) is 13.8 Å². The third-order valence-corrected chi connectivity index (χ3v) is 2.87. The average molecular weight is 274 g/mol. The Labute approximate surface area is 111 Å². The summed E-state index contributed by atoms with van der Waals surface area (Å²) in [6.07, 6.45) is 0.498. The minimum Gasteiger partial charge on any atom is -0.480 e. The summed E-state index contributed by atoms with van der Waals surface area (Å²) < 4.78 is 13.6. The number of carboxylic acids is 1. The van der Waals surface area contributed by atoms with Crippen molar-refractivity contribution >= 4 is 17.6 Å². The van der Waals surface area contributed by atoms with E-state index in [1.165, 1.54) is 6.07 Å². The fourth-order valence-electron chi connectivity index (χ4n) is 1.66. The van der Waals surface area contributed by atoms with E-state index in [0.29, 0.717) is 12.0 Å². The first-order valence-corrected chi connectivity index (χ1v) is 6.18. The van der Waals surface area contributed by atoms with E-state index in [0.717, 1.165) is 0 Å². The molecule has 2 N–H and O–H groups in total. The van der Waals surface area contributed by atoms with Crippen LogP contribution in [0.2, 0.25) is 5.02 Å². The molecule has 0 amide bonds. The van der Waals surface area contributed by atoms with Crippen molar-refractivity contribution in [2.24, 2.45) is 5.92 Å². The van der Waals surface area contributed by atoms with Crippen LogP contribution in [0.4, 0.5) is 4.39 Å². The van der Waals surface area contributed by atoms with Crippen LogP contribution in [-0.2, 0) is 11.3 Å². The second kappa shape index (κ2) is 6.71. The Morgan fingerprint density at radius 3 is 2.72 bits per heavy atom. The standard InChI is InChI=1S/C13H17ClFNO2/c1-8(2)6-11(13(17)18)16-7-9-4-3-5-10(14)12(9)15/h3-5,8,11,16H,6-7H2,1-2H3,(H,17,18)/t11-/m1/s1. The van der Waals surface area contributed by atoms with Gasteiger partial charge in [0.15, 0.2) is 0 Å². The van der Waals surface area contributed by atoms with E-state index in [9.17, 15) is 9.18 Å². The maximum absolute atomic E-state index is 13.6. The number of halogens is 2. The lowest BCUT2D eigenvalue weighted by Gasteiger charge is -2.16. The molecule has 100 valence electrons. The molecule has 0 bridgehead atoms. The Hall–Kier alpha value is -1.13. The molecule has 0 fully saturated rings. The van der Waals surface area contributed by atoms with E-state index in [2.05, 4.69) is 5.32 Å². The highest BCUT2D eigenvalue weighted by atomic mass is 35.5. The number of nitrogens with one attached hydrogen (secondary N) is 1. The van der Waals surface area contributed by atoms with Crippen molar-refractivity contribution in [3.63, 3.8) is 0 Å². The third-order valence-electron chi connectivity index (χ3n) is 2.58. The Morgan fingerprint density at radius 2 is 2.17 bits per heavy atom. The SMILES string of the molecule is CC(C)C[C@@H](NCc1cccc(Cl)c1F)C(=O)O. The molecular weight excluding hydrogens is 257 g/mol. The van der Waals surface area contributed by atoms with Crippen molar-refractivity contribution in [2.75, 3.05) is 0 Å². The van der Waals surface area contributed by atoms with Gasteiger partial charge in [-0.3, -0.25) is 4.79 Å². The maximum atomic E-state index is 13.6. The monoisotopic (exact) mass is 273 g/mol. The van der Waals surface area contributed by atoms with Gasteiger partial charge in [0.1, 0.15) is 11.9 Å². The molecule has 0 saturated heterocycles. The van der Waals surface area contributed by atoms with Crippen LogP contribution >= 0.6 is 11.6 Å². The van der Waals surface area contributed by atoms with Crippen molar-refractivity contribution in [3.8, 4) is 0 Å². The van der Waals surface area contributed by atoms with Gasteiger partial charge >= 0.3 is 5.97 Å². The van der Waals surface area contributed by atoms with Gasteiger partial charge in [-0.25, -0.2) is 4.39 Å². The Morgan fingerprint density at radius 1 is 1.50 bits per heavy atom. The highest BCUT2D eigenvalue weighted by molar-refractivity contribution is 6.30. The molecule has 0 aromatic heterocycles. The third kappa shape index (κ3) is 4.27. The summed E-state index contributed by atoms with van der Waals surface area (Å²) >= 11 is 5.66. The molecule has 0 spiro atoms. The summed E-state index contributed by atoms with van der Waals surface area (Å²) in [5.41, 5.74) is 0.373. The molecule has 18 heavy (non-hydrogen) atoms. The number of carboxylic acid groups (broad SMARTS) is 1. The van der Waals surface area contributed by atoms with Crippen molar-refractivity contribution < 1.29 is 14.3 Å². The van der Waals surface area contributed by atoms with Gasteiger partial charge in [0.2, 0.25) is 0 Å². The van der Waals surface area contributed by atoms with Crippen LogP contribution in [0.5, 0.6) is 0 Å². The molecule has 0 heterocycles. The molecule has 0 radical (unpaired) electrons. The van der Waals surface area contributed by atoms with Crippen LogP contribution in [0, 0.1) is 11.7 Å². The minimum atomic E-state index is -0.925. The van der Waals surface area contributed by atoms with Crippen LogP contribution in [0.15, 0.2) is 18.2 Å². The normalized spacial score (nSPS) is 12.7. The highest BCUT2D eigenvalue weighted by Gasteiger charge is 2.18. The zero-order valence-electron chi connectivity index (χ0n) is 10.4. The summed E-state index contributed by atoms with van der Waals surface area (Å²) in [4.78, 5) is 11.0. The van der Waals surface area contributed by atoms with Crippen molar-refractivity contribution in [1.82, 2.24) is 5.32 Å². The number of rotatable bonds is 6. The first-order chi connectivity index (χ1) is 8.41. The first kappa shape index (κ1) is 14.9. The van der Waals surface area contributed by atoms with E-state index < -0.39 is 17.8 Å². The summed E-state index contributed by atoms with van der Waals surface area (Å²) in [6.45, 7) is 4.03. The topological polar surface area (TPSA) is 49.3 Å². The van der Waals surface area contributed by atoms with Crippen molar-refractivity contribution in [2.45, 2.75) is 32.9 Å². The molecule has 1 atom stereocenters. The summed E-state index contributed by atoms with van der Waals surface area (Å²) in [5, 5.41) is 11.9. The zero-order valence-corrected chi connectivity index (χ0v) is 11.2. The van der Waals surface area contributed by atoms with Gasteiger partial charge in [-0.1, -0.05) is 37.6 Å². The van der Waals surface area contributed by atoms with Crippen LogP contribution in [-0.4, -0.2) is 17.1 Å².